The Kier molecular flexibility index (Phi) is 5.45. The Morgan fingerprint density at radius 3 is 2.64 bits per heavy atom. The standard InChI is InChI=1S/C17H26O5/c1-17(2,3)10-21-12-6-4-5-11(7-12)16-15(20)14(19)8-13(9-18)22-16/h4-7,13-16,18-20H,8-10H2,1-3H3/t13-,14-,15-,16?/m0/s1. The zero-order chi connectivity index (χ0) is 16.3. The lowest BCUT2D eigenvalue weighted by Crippen LogP contribution is -2.44. The molecule has 1 aliphatic heterocycles. The van der Waals surface area contributed by atoms with Gasteiger partial charge in [0.05, 0.1) is 25.4 Å². The fourth-order valence-corrected chi connectivity index (χ4v) is 2.43. The molecule has 4 atom stereocenters. The van der Waals surface area contributed by atoms with Crippen molar-refractivity contribution in [3.63, 3.8) is 0 Å². The number of aliphatic hydroxyl groups is 3. The summed E-state index contributed by atoms with van der Waals surface area (Å²) >= 11 is 0. The zero-order valence-corrected chi connectivity index (χ0v) is 13.4. The fraction of sp³-hybridized carbons (Fsp3) is 0.647. The van der Waals surface area contributed by atoms with Crippen LogP contribution in [0.25, 0.3) is 0 Å². The van der Waals surface area contributed by atoms with Crippen molar-refractivity contribution in [3.05, 3.63) is 29.8 Å². The smallest absolute Gasteiger partial charge is 0.119 e. The second kappa shape index (κ2) is 6.96. The van der Waals surface area contributed by atoms with Crippen LogP contribution in [0.1, 0.15) is 38.9 Å². The minimum Gasteiger partial charge on any atom is -0.493 e. The summed E-state index contributed by atoms with van der Waals surface area (Å²) in [5.41, 5.74) is 0.783. The molecule has 1 aliphatic rings. The molecular weight excluding hydrogens is 284 g/mol. The van der Waals surface area contributed by atoms with Crippen LogP contribution in [0.3, 0.4) is 0 Å². The van der Waals surface area contributed by atoms with Gasteiger partial charge >= 0.3 is 0 Å². The van der Waals surface area contributed by atoms with Crippen LogP contribution in [0.5, 0.6) is 5.75 Å². The maximum atomic E-state index is 10.2. The van der Waals surface area contributed by atoms with Gasteiger partial charge < -0.3 is 24.8 Å². The molecule has 5 heteroatoms. The molecule has 2 rings (SSSR count). The maximum absolute atomic E-state index is 10.2. The largest absolute Gasteiger partial charge is 0.493 e. The van der Waals surface area contributed by atoms with E-state index in [9.17, 15) is 15.3 Å². The summed E-state index contributed by atoms with van der Waals surface area (Å²) in [4.78, 5) is 0. The fourth-order valence-electron chi connectivity index (χ4n) is 2.43. The SMILES string of the molecule is CC(C)(C)COc1cccc(C2O[C@H](CO)C[C@H](O)[C@@H]2O)c1. The van der Waals surface area contributed by atoms with E-state index in [1.54, 1.807) is 0 Å². The number of ether oxygens (including phenoxy) is 2. The molecule has 124 valence electrons. The second-order valence-corrected chi connectivity index (χ2v) is 7.08. The van der Waals surface area contributed by atoms with Gasteiger partial charge in [-0.25, -0.2) is 0 Å². The lowest BCUT2D eigenvalue weighted by Gasteiger charge is -2.36. The van der Waals surface area contributed by atoms with Crippen molar-refractivity contribution in [1.82, 2.24) is 0 Å². The van der Waals surface area contributed by atoms with Crippen molar-refractivity contribution in [2.24, 2.45) is 5.41 Å². The van der Waals surface area contributed by atoms with Crippen molar-refractivity contribution >= 4 is 0 Å². The summed E-state index contributed by atoms with van der Waals surface area (Å²) in [6.07, 6.45) is -2.83. The van der Waals surface area contributed by atoms with Gasteiger partial charge in [0.15, 0.2) is 0 Å². The third-order valence-corrected chi connectivity index (χ3v) is 3.61. The summed E-state index contributed by atoms with van der Waals surface area (Å²) < 4.78 is 11.5. The summed E-state index contributed by atoms with van der Waals surface area (Å²) in [7, 11) is 0. The molecule has 0 radical (unpaired) electrons. The van der Waals surface area contributed by atoms with E-state index in [1.807, 2.05) is 24.3 Å². The molecule has 0 amide bonds. The van der Waals surface area contributed by atoms with E-state index in [2.05, 4.69) is 20.8 Å². The molecule has 22 heavy (non-hydrogen) atoms. The summed E-state index contributed by atoms with van der Waals surface area (Å²) in [5, 5.41) is 29.3. The molecule has 0 bridgehead atoms. The first-order valence-electron chi connectivity index (χ1n) is 7.65. The first kappa shape index (κ1) is 17.2. The molecule has 1 heterocycles. The molecule has 1 unspecified atom stereocenters. The van der Waals surface area contributed by atoms with Crippen LogP contribution in [-0.2, 0) is 4.74 Å². The predicted octanol–water partition coefficient (Wildman–Crippen LogP) is 1.66. The number of hydrogen-bond acceptors (Lipinski definition) is 5. The average molecular weight is 310 g/mol. The van der Waals surface area contributed by atoms with Gasteiger partial charge in [0.25, 0.3) is 0 Å². The number of benzene rings is 1. The van der Waals surface area contributed by atoms with Crippen LogP contribution in [0.15, 0.2) is 24.3 Å². The van der Waals surface area contributed by atoms with Crippen LogP contribution in [0.2, 0.25) is 0 Å². The van der Waals surface area contributed by atoms with Crippen LogP contribution in [0.4, 0.5) is 0 Å². The number of hydrogen-bond donors (Lipinski definition) is 3. The average Bonchev–Trinajstić information content (AvgIpc) is 2.47. The molecule has 5 nitrogen and oxygen atoms in total. The summed E-state index contributed by atoms with van der Waals surface area (Å²) in [5.74, 6) is 0.698. The highest BCUT2D eigenvalue weighted by atomic mass is 16.5. The molecule has 1 aromatic carbocycles. The van der Waals surface area contributed by atoms with E-state index in [-0.39, 0.29) is 18.4 Å². The summed E-state index contributed by atoms with van der Waals surface area (Å²) in [6, 6.07) is 7.32. The molecule has 1 fully saturated rings. The number of rotatable bonds is 4. The van der Waals surface area contributed by atoms with Gasteiger partial charge in [0, 0.05) is 6.42 Å². The van der Waals surface area contributed by atoms with E-state index in [0.29, 0.717) is 12.4 Å². The van der Waals surface area contributed by atoms with E-state index in [4.69, 9.17) is 9.47 Å². The maximum Gasteiger partial charge on any atom is 0.119 e. The van der Waals surface area contributed by atoms with Crippen molar-refractivity contribution < 1.29 is 24.8 Å². The monoisotopic (exact) mass is 310 g/mol. The van der Waals surface area contributed by atoms with E-state index in [0.717, 1.165) is 5.56 Å². The molecule has 0 spiro atoms. The first-order chi connectivity index (χ1) is 10.3. The first-order valence-corrected chi connectivity index (χ1v) is 7.65. The van der Waals surface area contributed by atoms with Gasteiger partial charge in [-0.1, -0.05) is 32.9 Å². The Balaban J connectivity index is 2.13. The van der Waals surface area contributed by atoms with Gasteiger partial charge in [0.1, 0.15) is 18.0 Å². The quantitative estimate of drug-likeness (QED) is 0.788. The van der Waals surface area contributed by atoms with Crippen molar-refractivity contribution in [2.75, 3.05) is 13.2 Å². The third kappa shape index (κ3) is 4.43. The summed E-state index contributed by atoms with van der Waals surface area (Å²) in [6.45, 7) is 6.67. The van der Waals surface area contributed by atoms with Gasteiger partial charge in [-0.15, -0.1) is 0 Å². The molecular formula is C17H26O5. The molecule has 0 aromatic heterocycles. The van der Waals surface area contributed by atoms with Gasteiger partial charge in [-0.3, -0.25) is 0 Å². The Labute approximate surface area is 131 Å². The van der Waals surface area contributed by atoms with Crippen LogP contribution in [-0.4, -0.2) is 46.8 Å². The van der Waals surface area contributed by atoms with Gasteiger partial charge in [0.2, 0.25) is 0 Å². The van der Waals surface area contributed by atoms with Crippen molar-refractivity contribution in [1.29, 1.82) is 0 Å². The Morgan fingerprint density at radius 1 is 1.27 bits per heavy atom. The number of aliphatic hydroxyl groups excluding tert-OH is 3. The highest BCUT2D eigenvalue weighted by Gasteiger charge is 2.37. The predicted molar refractivity (Wildman–Crippen MR) is 82.7 cm³/mol. The zero-order valence-electron chi connectivity index (χ0n) is 13.4. The molecule has 0 saturated carbocycles. The van der Waals surface area contributed by atoms with Crippen molar-refractivity contribution in [3.8, 4) is 5.75 Å². The third-order valence-electron chi connectivity index (χ3n) is 3.61. The topological polar surface area (TPSA) is 79.2 Å². The van der Waals surface area contributed by atoms with E-state index >= 15 is 0 Å². The second-order valence-electron chi connectivity index (χ2n) is 7.08. The minimum absolute atomic E-state index is 0.0506. The highest BCUT2D eigenvalue weighted by Crippen LogP contribution is 2.33. The molecule has 0 aliphatic carbocycles. The van der Waals surface area contributed by atoms with Crippen molar-refractivity contribution in [2.45, 2.75) is 51.6 Å². The Hall–Kier alpha value is -1.14. The van der Waals surface area contributed by atoms with Gasteiger partial charge in [-0.05, 0) is 23.1 Å². The van der Waals surface area contributed by atoms with Crippen LogP contribution >= 0.6 is 0 Å². The molecule has 1 aromatic rings. The Bertz CT molecular complexity index is 482. The van der Waals surface area contributed by atoms with Crippen LogP contribution < -0.4 is 4.74 Å². The molecule has 1 saturated heterocycles. The van der Waals surface area contributed by atoms with E-state index in [1.165, 1.54) is 0 Å². The van der Waals surface area contributed by atoms with E-state index < -0.39 is 24.4 Å². The minimum atomic E-state index is -1.01. The lowest BCUT2D eigenvalue weighted by molar-refractivity contribution is -0.179. The molecule has 3 N–H and O–H groups in total. The Morgan fingerprint density at radius 2 is 2.00 bits per heavy atom. The van der Waals surface area contributed by atoms with Gasteiger partial charge in [-0.2, -0.15) is 0 Å². The lowest BCUT2D eigenvalue weighted by atomic mass is 9.93. The normalized spacial score (nSPS) is 29.4. The highest BCUT2D eigenvalue weighted by molar-refractivity contribution is 5.31. The van der Waals surface area contributed by atoms with Crippen LogP contribution in [0, 0.1) is 5.41 Å².